The van der Waals surface area contributed by atoms with Gasteiger partial charge in [0.05, 0.1) is 0 Å². The topological polar surface area (TPSA) is 17.1 Å². The molecule has 0 saturated heterocycles. The van der Waals surface area contributed by atoms with Gasteiger partial charge in [-0.1, -0.05) is 45.1 Å². The molecule has 1 nitrogen and oxygen atoms in total. The van der Waals surface area contributed by atoms with Crippen molar-refractivity contribution in [2.75, 3.05) is 0 Å². The van der Waals surface area contributed by atoms with E-state index in [0.717, 1.165) is 24.8 Å². The van der Waals surface area contributed by atoms with Crippen LogP contribution in [0.2, 0.25) is 0 Å². The van der Waals surface area contributed by atoms with E-state index < -0.39 is 0 Å². The molecular weight excluding hydrogens is 172 g/mol. The van der Waals surface area contributed by atoms with E-state index in [1.54, 1.807) is 0 Å². The lowest BCUT2D eigenvalue weighted by molar-refractivity contribution is -0.115. The Morgan fingerprint density at radius 1 is 1.14 bits per heavy atom. The van der Waals surface area contributed by atoms with Crippen molar-refractivity contribution in [3.05, 3.63) is 11.6 Å². The fourth-order valence-corrected chi connectivity index (χ4v) is 1.99. The van der Waals surface area contributed by atoms with Crippen LogP contribution in [0.3, 0.4) is 0 Å². The van der Waals surface area contributed by atoms with E-state index in [1.807, 2.05) is 0 Å². The summed E-state index contributed by atoms with van der Waals surface area (Å²) in [4.78, 5) is 11.3. The maximum absolute atomic E-state index is 11.3. The summed E-state index contributed by atoms with van der Waals surface area (Å²) in [7, 11) is 0. The molecule has 0 spiro atoms. The van der Waals surface area contributed by atoms with E-state index in [0.29, 0.717) is 5.78 Å². The van der Waals surface area contributed by atoms with Gasteiger partial charge in [-0.3, -0.25) is 4.79 Å². The predicted octanol–water partition coefficient (Wildman–Crippen LogP) is 4.03. The van der Waals surface area contributed by atoms with Crippen LogP contribution in [-0.2, 0) is 4.79 Å². The van der Waals surface area contributed by atoms with Crippen LogP contribution in [-0.4, -0.2) is 5.78 Å². The summed E-state index contributed by atoms with van der Waals surface area (Å²) < 4.78 is 0. The Kier molecular flexibility index (Phi) is 5.58. The molecule has 0 atom stereocenters. The van der Waals surface area contributed by atoms with Gasteiger partial charge in [0.15, 0.2) is 5.78 Å². The highest BCUT2D eigenvalue weighted by atomic mass is 16.1. The van der Waals surface area contributed by atoms with Crippen LogP contribution < -0.4 is 0 Å². The summed E-state index contributed by atoms with van der Waals surface area (Å²) in [6.45, 7) is 2.24. The van der Waals surface area contributed by atoms with E-state index in [-0.39, 0.29) is 0 Å². The fourth-order valence-electron chi connectivity index (χ4n) is 1.99. The lowest BCUT2D eigenvalue weighted by atomic mass is 10.0. The van der Waals surface area contributed by atoms with Crippen molar-refractivity contribution >= 4 is 5.78 Å². The third-order valence-electron chi connectivity index (χ3n) is 2.92. The molecule has 0 unspecified atom stereocenters. The standard InChI is InChI=1S/C13H22O/c1-2-3-4-5-6-7-9-12-10-8-11-13(12)14/h10H,2-9,11H2,1H3. The van der Waals surface area contributed by atoms with Gasteiger partial charge in [0, 0.05) is 6.42 Å². The van der Waals surface area contributed by atoms with Crippen LogP contribution in [0, 0.1) is 0 Å². The summed E-state index contributed by atoms with van der Waals surface area (Å²) in [5.41, 5.74) is 1.11. The van der Waals surface area contributed by atoms with Crippen molar-refractivity contribution in [1.82, 2.24) is 0 Å². The summed E-state index contributed by atoms with van der Waals surface area (Å²) in [5.74, 6) is 0.401. The predicted molar refractivity (Wildman–Crippen MR) is 60.3 cm³/mol. The third kappa shape index (κ3) is 4.08. The first kappa shape index (κ1) is 11.5. The van der Waals surface area contributed by atoms with Crippen LogP contribution in [0.25, 0.3) is 0 Å². The lowest BCUT2D eigenvalue weighted by Crippen LogP contribution is -1.95. The van der Waals surface area contributed by atoms with Gasteiger partial charge < -0.3 is 0 Å². The molecule has 0 saturated carbocycles. The molecule has 0 heterocycles. The van der Waals surface area contributed by atoms with E-state index in [4.69, 9.17) is 0 Å². The molecule has 0 aromatic carbocycles. The van der Waals surface area contributed by atoms with E-state index in [1.165, 1.54) is 38.5 Å². The van der Waals surface area contributed by atoms with Crippen molar-refractivity contribution in [2.24, 2.45) is 0 Å². The van der Waals surface area contributed by atoms with Crippen LogP contribution in [0.15, 0.2) is 11.6 Å². The van der Waals surface area contributed by atoms with Crippen molar-refractivity contribution < 1.29 is 4.79 Å². The minimum Gasteiger partial charge on any atom is -0.295 e. The number of hydrogen-bond donors (Lipinski definition) is 0. The fraction of sp³-hybridized carbons (Fsp3) is 0.769. The Morgan fingerprint density at radius 3 is 2.50 bits per heavy atom. The Hall–Kier alpha value is -0.590. The first-order chi connectivity index (χ1) is 6.84. The second-order valence-electron chi connectivity index (χ2n) is 4.21. The molecule has 14 heavy (non-hydrogen) atoms. The van der Waals surface area contributed by atoms with Crippen LogP contribution >= 0.6 is 0 Å². The smallest absolute Gasteiger partial charge is 0.158 e. The van der Waals surface area contributed by atoms with E-state index in [9.17, 15) is 4.79 Å². The number of unbranched alkanes of at least 4 members (excludes halogenated alkanes) is 5. The maximum atomic E-state index is 11.3. The third-order valence-corrected chi connectivity index (χ3v) is 2.92. The average Bonchev–Trinajstić information content (AvgIpc) is 2.58. The number of carbonyl (C=O) groups is 1. The van der Waals surface area contributed by atoms with Gasteiger partial charge in [0.2, 0.25) is 0 Å². The van der Waals surface area contributed by atoms with Gasteiger partial charge in [-0.2, -0.15) is 0 Å². The molecule has 1 rings (SSSR count). The number of allylic oxidation sites excluding steroid dienone is 2. The number of Topliss-reactive ketones (excluding diaryl/α,β-unsaturated/α-hetero) is 1. The minimum absolute atomic E-state index is 0.401. The van der Waals surface area contributed by atoms with Crippen LogP contribution in [0.5, 0.6) is 0 Å². The number of ketones is 1. The highest BCUT2D eigenvalue weighted by molar-refractivity contribution is 5.97. The maximum Gasteiger partial charge on any atom is 0.158 e. The van der Waals surface area contributed by atoms with Gasteiger partial charge in [-0.15, -0.1) is 0 Å². The first-order valence-electron chi connectivity index (χ1n) is 6.07. The normalized spacial score (nSPS) is 16.1. The average molecular weight is 194 g/mol. The monoisotopic (exact) mass is 194 g/mol. The zero-order valence-corrected chi connectivity index (χ0v) is 9.35. The zero-order chi connectivity index (χ0) is 10.2. The number of rotatable bonds is 7. The largest absolute Gasteiger partial charge is 0.295 e. The van der Waals surface area contributed by atoms with Crippen molar-refractivity contribution in [1.29, 1.82) is 0 Å². The van der Waals surface area contributed by atoms with Gasteiger partial charge in [0.25, 0.3) is 0 Å². The van der Waals surface area contributed by atoms with Gasteiger partial charge in [-0.05, 0) is 24.8 Å². The van der Waals surface area contributed by atoms with Crippen molar-refractivity contribution in [3.8, 4) is 0 Å². The summed E-state index contributed by atoms with van der Waals surface area (Å²) >= 11 is 0. The number of carbonyl (C=O) groups excluding carboxylic acids is 1. The molecule has 0 aromatic rings. The highest BCUT2D eigenvalue weighted by Crippen LogP contribution is 2.20. The Balaban J connectivity index is 1.96. The Morgan fingerprint density at radius 2 is 1.86 bits per heavy atom. The summed E-state index contributed by atoms with van der Waals surface area (Å²) in [5, 5.41) is 0. The van der Waals surface area contributed by atoms with E-state index >= 15 is 0 Å². The van der Waals surface area contributed by atoms with Gasteiger partial charge in [-0.25, -0.2) is 0 Å². The van der Waals surface area contributed by atoms with Crippen molar-refractivity contribution in [3.63, 3.8) is 0 Å². The second-order valence-corrected chi connectivity index (χ2v) is 4.21. The highest BCUT2D eigenvalue weighted by Gasteiger charge is 2.13. The molecule has 0 amide bonds. The minimum atomic E-state index is 0.401. The summed E-state index contributed by atoms with van der Waals surface area (Å²) in [6, 6.07) is 0. The number of hydrogen-bond acceptors (Lipinski definition) is 1. The second kappa shape index (κ2) is 6.80. The molecule has 0 bridgehead atoms. The molecule has 0 radical (unpaired) electrons. The molecular formula is C13H22O. The molecule has 1 aliphatic carbocycles. The lowest BCUT2D eigenvalue weighted by Gasteiger charge is -2.01. The van der Waals surface area contributed by atoms with E-state index in [2.05, 4.69) is 13.0 Å². The van der Waals surface area contributed by atoms with Crippen LogP contribution in [0.1, 0.15) is 64.7 Å². The molecule has 0 aromatic heterocycles. The van der Waals surface area contributed by atoms with Crippen LogP contribution in [0.4, 0.5) is 0 Å². The van der Waals surface area contributed by atoms with Gasteiger partial charge in [0.1, 0.15) is 0 Å². The Bertz CT molecular complexity index is 203. The zero-order valence-electron chi connectivity index (χ0n) is 9.35. The molecule has 0 fully saturated rings. The molecule has 80 valence electrons. The Labute approximate surface area is 87.6 Å². The molecule has 1 heteroatoms. The SMILES string of the molecule is CCCCCCCCC1=CCCC1=O. The summed E-state index contributed by atoms with van der Waals surface area (Å²) in [6.07, 6.45) is 12.8. The quantitative estimate of drug-likeness (QED) is 0.559. The first-order valence-corrected chi connectivity index (χ1v) is 6.07. The molecule has 0 N–H and O–H groups in total. The molecule has 1 aliphatic rings. The van der Waals surface area contributed by atoms with Crippen molar-refractivity contribution in [2.45, 2.75) is 64.7 Å². The molecule has 0 aliphatic heterocycles. The van der Waals surface area contributed by atoms with Gasteiger partial charge >= 0.3 is 0 Å².